The zero-order valence-corrected chi connectivity index (χ0v) is 18.4. The van der Waals surface area contributed by atoms with Crippen molar-refractivity contribution in [3.05, 3.63) is 72.6 Å². The van der Waals surface area contributed by atoms with E-state index in [2.05, 4.69) is 30.2 Å². The van der Waals surface area contributed by atoms with Crippen LogP contribution in [-0.4, -0.2) is 46.1 Å². The first-order chi connectivity index (χ1) is 15.9. The van der Waals surface area contributed by atoms with E-state index in [4.69, 9.17) is 0 Å². The summed E-state index contributed by atoms with van der Waals surface area (Å²) in [6.45, 7) is 0.494. The van der Waals surface area contributed by atoms with Crippen LogP contribution >= 0.6 is 0 Å². The van der Waals surface area contributed by atoms with Crippen LogP contribution in [-0.2, 0) is 16.3 Å². The Balaban J connectivity index is 1.56. The molecule has 8 nitrogen and oxygen atoms in total. The van der Waals surface area contributed by atoms with Gasteiger partial charge in [0.2, 0.25) is 0 Å². The zero-order valence-electron chi connectivity index (χ0n) is 17.6. The van der Waals surface area contributed by atoms with Gasteiger partial charge in [0.05, 0.1) is 22.4 Å². The summed E-state index contributed by atoms with van der Waals surface area (Å²) >= 11 is 0. The monoisotopic (exact) mass is 462 g/mol. The highest BCUT2D eigenvalue weighted by Gasteiger charge is 2.18. The fourth-order valence-corrected chi connectivity index (χ4v) is 4.70. The molecule has 33 heavy (non-hydrogen) atoms. The molecule has 0 atom stereocenters. The molecule has 0 saturated carbocycles. The Morgan fingerprint density at radius 1 is 1.06 bits per heavy atom. The largest absolute Gasteiger partial charge is 0.368 e. The Bertz CT molecular complexity index is 1600. The summed E-state index contributed by atoms with van der Waals surface area (Å²) in [5.74, 6) is 0.213. The molecule has 5 rings (SSSR count). The average molecular weight is 463 g/mol. The molecule has 0 radical (unpaired) electrons. The summed E-state index contributed by atoms with van der Waals surface area (Å²) in [4.78, 5) is 20.4. The molecule has 0 bridgehead atoms. The smallest absolute Gasteiger partial charge is 0.182 e. The number of nitrogens with one attached hydrogen (secondary N) is 2. The third-order valence-electron chi connectivity index (χ3n) is 5.31. The van der Waals surface area contributed by atoms with Crippen molar-refractivity contribution in [3.8, 4) is 11.3 Å². The molecule has 166 valence electrons. The molecule has 0 aliphatic carbocycles. The van der Waals surface area contributed by atoms with Gasteiger partial charge in [-0.2, -0.15) is 0 Å². The van der Waals surface area contributed by atoms with E-state index in [1.54, 1.807) is 36.7 Å². The molecule has 0 amide bonds. The number of aromatic nitrogens is 5. The molecule has 0 aliphatic heterocycles. The van der Waals surface area contributed by atoms with Gasteiger partial charge in [-0.3, -0.25) is 0 Å². The molecular weight excluding hydrogens is 443 g/mol. The van der Waals surface area contributed by atoms with Crippen molar-refractivity contribution in [2.45, 2.75) is 11.3 Å². The molecule has 3 aromatic heterocycles. The minimum absolute atomic E-state index is 0.178. The normalized spacial score (nSPS) is 11.8. The molecule has 0 spiro atoms. The van der Waals surface area contributed by atoms with Gasteiger partial charge in [0.25, 0.3) is 0 Å². The lowest BCUT2D eigenvalue weighted by molar-refractivity contribution is 0.602. The Kier molecular flexibility index (Phi) is 5.21. The van der Waals surface area contributed by atoms with Gasteiger partial charge in [-0.15, -0.1) is 0 Å². The fourth-order valence-electron chi connectivity index (χ4n) is 3.81. The lowest BCUT2D eigenvalue weighted by atomic mass is 10.0. The summed E-state index contributed by atoms with van der Waals surface area (Å²) in [7, 11) is -3.50. The number of H-pyrrole nitrogens is 1. The number of fused-ring (bicyclic) bond motifs is 2. The maximum absolute atomic E-state index is 13.9. The first kappa shape index (κ1) is 21.0. The number of hydrogen-bond acceptors (Lipinski definition) is 7. The number of imidazole rings is 1. The summed E-state index contributed by atoms with van der Waals surface area (Å²) in [5.41, 5.74) is 3.54. The Morgan fingerprint density at radius 2 is 1.91 bits per heavy atom. The van der Waals surface area contributed by atoms with Crippen molar-refractivity contribution < 1.29 is 12.8 Å². The van der Waals surface area contributed by atoms with Crippen LogP contribution in [0.4, 0.5) is 10.2 Å². The van der Waals surface area contributed by atoms with Gasteiger partial charge < -0.3 is 10.3 Å². The highest BCUT2D eigenvalue weighted by atomic mass is 32.2. The number of rotatable bonds is 6. The van der Waals surface area contributed by atoms with Crippen LogP contribution in [0.1, 0.15) is 5.56 Å². The number of benzene rings is 2. The summed E-state index contributed by atoms with van der Waals surface area (Å²) in [6, 6.07) is 13.0. The minimum Gasteiger partial charge on any atom is -0.368 e. The average Bonchev–Trinajstić information content (AvgIpc) is 3.28. The molecule has 0 fully saturated rings. The van der Waals surface area contributed by atoms with Crippen molar-refractivity contribution >= 4 is 37.7 Å². The molecule has 0 aliphatic rings. The number of aromatic amines is 1. The van der Waals surface area contributed by atoms with E-state index in [1.807, 2.05) is 6.07 Å². The number of hydrogen-bond donors (Lipinski definition) is 2. The van der Waals surface area contributed by atoms with Crippen molar-refractivity contribution in [2.24, 2.45) is 0 Å². The van der Waals surface area contributed by atoms with Crippen LogP contribution in [0.5, 0.6) is 0 Å². The quantitative estimate of drug-likeness (QED) is 0.395. The third-order valence-corrected chi connectivity index (χ3v) is 6.46. The number of pyridine rings is 1. The first-order valence-electron chi connectivity index (χ1n) is 10.2. The van der Waals surface area contributed by atoms with E-state index in [-0.39, 0.29) is 4.90 Å². The number of anilines is 1. The van der Waals surface area contributed by atoms with Crippen LogP contribution in [0.3, 0.4) is 0 Å². The van der Waals surface area contributed by atoms with E-state index < -0.39 is 15.7 Å². The van der Waals surface area contributed by atoms with Gasteiger partial charge in [0.15, 0.2) is 21.3 Å². The number of nitrogens with zero attached hydrogens (tertiary/aromatic N) is 4. The minimum atomic E-state index is -3.50. The summed E-state index contributed by atoms with van der Waals surface area (Å²) < 4.78 is 38.7. The Labute approximate surface area is 188 Å². The third kappa shape index (κ3) is 4.12. The van der Waals surface area contributed by atoms with Crippen molar-refractivity contribution in [2.75, 3.05) is 18.1 Å². The molecule has 3 heterocycles. The van der Waals surface area contributed by atoms with Gasteiger partial charge in [-0.25, -0.2) is 32.7 Å². The van der Waals surface area contributed by atoms with Gasteiger partial charge in [-0.05, 0) is 36.2 Å². The van der Waals surface area contributed by atoms with Gasteiger partial charge >= 0.3 is 0 Å². The molecule has 0 unspecified atom stereocenters. The standard InChI is InChI=1S/C23H19FN6O2S/c1-33(31,32)19-5-3-2-4-17(19)20-15(10-14-6-7-16(24)11-18(14)30-20)8-9-25-22-21-23(27-12-26-21)29-13-28-22/h2-7,10-13H,8-9H2,1H3,(H2,25,26,27,28,29). The van der Waals surface area contributed by atoms with E-state index in [1.165, 1.54) is 24.7 Å². The fraction of sp³-hybridized carbons (Fsp3) is 0.130. The second-order valence-electron chi connectivity index (χ2n) is 7.60. The second-order valence-corrected chi connectivity index (χ2v) is 9.59. The van der Waals surface area contributed by atoms with Crippen LogP contribution < -0.4 is 5.32 Å². The van der Waals surface area contributed by atoms with E-state index >= 15 is 0 Å². The predicted molar refractivity (Wildman–Crippen MR) is 124 cm³/mol. The highest BCUT2D eigenvalue weighted by molar-refractivity contribution is 7.90. The molecular formula is C23H19FN6O2S. The Morgan fingerprint density at radius 3 is 2.76 bits per heavy atom. The molecule has 5 aromatic rings. The molecule has 10 heteroatoms. The van der Waals surface area contributed by atoms with Crippen molar-refractivity contribution in [1.82, 2.24) is 24.9 Å². The van der Waals surface area contributed by atoms with Gasteiger partial charge in [-0.1, -0.05) is 18.2 Å². The van der Waals surface area contributed by atoms with E-state index in [0.29, 0.717) is 46.7 Å². The van der Waals surface area contributed by atoms with Crippen LogP contribution in [0.25, 0.3) is 33.3 Å². The van der Waals surface area contributed by atoms with E-state index in [9.17, 15) is 12.8 Å². The lowest BCUT2D eigenvalue weighted by Crippen LogP contribution is -2.09. The van der Waals surface area contributed by atoms with Gasteiger partial charge in [0, 0.05) is 29.8 Å². The van der Waals surface area contributed by atoms with Crippen LogP contribution in [0.2, 0.25) is 0 Å². The lowest BCUT2D eigenvalue weighted by Gasteiger charge is -2.14. The van der Waals surface area contributed by atoms with Crippen LogP contribution in [0.15, 0.2) is 66.1 Å². The predicted octanol–water partition coefficient (Wildman–Crippen LogP) is 3.77. The maximum Gasteiger partial charge on any atom is 0.182 e. The number of halogens is 1. The molecule has 0 saturated heterocycles. The highest BCUT2D eigenvalue weighted by Crippen LogP contribution is 2.31. The van der Waals surface area contributed by atoms with E-state index in [0.717, 1.165) is 10.9 Å². The number of sulfone groups is 1. The van der Waals surface area contributed by atoms with Crippen molar-refractivity contribution in [1.29, 1.82) is 0 Å². The molecule has 2 N–H and O–H groups in total. The topological polar surface area (TPSA) is 114 Å². The maximum atomic E-state index is 13.9. The summed E-state index contributed by atoms with van der Waals surface area (Å²) in [6.07, 6.45) is 4.68. The van der Waals surface area contributed by atoms with Crippen LogP contribution in [0, 0.1) is 5.82 Å². The van der Waals surface area contributed by atoms with Crippen molar-refractivity contribution in [3.63, 3.8) is 0 Å². The summed E-state index contributed by atoms with van der Waals surface area (Å²) in [5, 5.41) is 4.04. The Hall–Kier alpha value is -3.92. The molecule has 2 aromatic carbocycles. The zero-order chi connectivity index (χ0) is 23.0. The SMILES string of the molecule is CS(=O)(=O)c1ccccc1-c1nc2cc(F)ccc2cc1CCNc1ncnc2nc[nH]c12. The van der Waals surface area contributed by atoms with Gasteiger partial charge in [0.1, 0.15) is 17.7 Å². The second kappa shape index (κ2) is 8.21. The first-order valence-corrected chi connectivity index (χ1v) is 12.1.